The average molecular weight is 283 g/mol. The fourth-order valence-corrected chi connectivity index (χ4v) is 1.53. The van der Waals surface area contributed by atoms with E-state index in [0.29, 0.717) is 11.3 Å². The summed E-state index contributed by atoms with van der Waals surface area (Å²) in [6.45, 7) is 7.13. The third-order valence-electron chi connectivity index (χ3n) is 2.69. The van der Waals surface area contributed by atoms with Gasteiger partial charge in [-0.1, -0.05) is 31.4 Å². The van der Waals surface area contributed by atoms with Crippen molar-refractivity contribution in [3.05, 3.63) is 71.5 Å². The molecule has 3 nitrogen and oxygen atoms in total. The number of rotatable bonds is 6. The van der Waals surface area contributed by atoms with Gasteiger partial charge in [-0.3, -0.25) is 0 Å². The molecule has 1 aromatic carbocycles. The van der Waals surface area contributed by atoms with Crippen LogP contribution in [0.3, 0.4) is 0 Å². The monoisotopic (exact) mass is 283 g/mol. The van der Waals surface area contributed by atoms with Crippen LogP contribution in [0, 0.1) is 5.82 Å². The van der Waals surface area contributed by atoms with E-state index in [2.05, 4.69) is 18.5 Å². The van der Waals surface area contributed by atoms with Gasteiger partial charge in [-0.15, -0.1) is 0 Å². The number of benzene rings is 1. The number of alkyl halides is 2. The van der Waals surface area contributed by atoms with Crippen LogP contribution in [0.4, 0.5) is 13.2 Å². The Morgan fingerprint density at radius 3 is 2.50 bits per heavy atom. The SMILES string of the molecule is C=C(N)C(=C)/C(=C\N)NCc1cccc(C(F)F)c1F. The predicted molar refractivity (Wildman–Crippen MR) is 72.9 cm³/mol. The van der Waals surface area contributed by atoms with Crippen LogP contribution in [-0.4, -0.2) is 0 Å². The van der Waals surface area contributed by atoms with Crippen molar-refractivity contribution >= 4 is 0 Å². The van der Waals surface area contributed by atoms with E-state index in [4.69, 9.17) is 11.5 Å². The molecule has 0 fully saturated rings. The number of nitrogens with one attached hydrogen (secondary N) is 1. The molecule has 20 heavy (non-hydrogen) atoms. The number of halogens is 3. The molecule has 5 N–H and O–H groups in total. The summed E-state index contributed by atoms with van der Waals surface area (Å²) < 4.78 is 38.9. The Hall–Kier alpha value is -2.37. The van der Waals surface area contributed by atoms with Crippen molar-refractivity contribution in [1.29, 1.82) is 0 Å². The first-order valence-corrected chi connectivity index (χ1v) is 5.73. The molecule has 0 atom stereocenters. The standard InChI is InChI=1S/C14H16F3N3/c1-8(9(2)19)12(6-18)20-7-10-4-3-5-11(13(10)15)14(16)17/h3-6,14,20H,1-2,7,18-19H2/b12-6+. The molecule has 0 aromatic heterocycles. The first-order chi connectivity index (χ1) is 9.38. The Kier molecular flexibility index (Phi) is 5.25. The zero-order chi connectivity index (χ0) is 15.3. The smallest absolute Gasteiger partial charge is 0.266 e. The Morgan fingerprint density at radius 2 is 2.00 bits per heavy atom. The topological polar surface area (TPSA) is 64.1 Å². The average Bonchev–Trinajstić information content (AvgIpc) is 2.40. The fraction of sp³-hybridized carbons (Fsp3) is 0.143. The minimum absolute atomic E-state index is 0.0261. The largest absolute Gasteiger partial charge is 0.403 e. The first-order valence-electron chi connectivity index (χ1n) is 5.73. The van der Waals surface area contributed by atoms with Crippen LogP contribution in [0.15, 0.2) is 54.5 Å². The van der Waals surface area contributed by atoms with E-state index >= 15 is 0 Å². The molecule has 0 radical (unpaired) electrons. The van der Waals surface area contributed by atoms with Gasteiger partial charge in [-0.2, -0.15) is 0 Å². The highest BCUT2D eigenvalue weighted by Gasteiger charge is 2.16. The number of nitrogens with two attached hydrogens (primary N) is 2. The summed E-state index contributed by atoms with van der Waals surface area (Å²) in [5.41, 5.74) is 11.3. The number of hydrogen-bond donors (Lipinski definition) is 3. The van der Waals surface area contributed by atoms with Gasteiger partial charge in [0.15, 0.2) is 0 Å². The lowest BCUT2D eigenvalue weighted by molar-refractivity contribution is 0.146. The van der Waals surface area contributed by atoms with Gasteiger partial charge in [0.2, 0.25) is 0 Å². The van der Waals surface area contributed by atoms with Gasteiger partial charge in [0.05, 0.1) is 11.3 Å². The van der Waals surface area contributed by atoms with E-state index in [0.717, 1.165) is 6.07 Å². The molecule has 0 saturated heterocycles. The quantitative estimate of drug-likeness (QED) is 0.703. The molecule has 0 saturated carbocycles. The molecule has 0 spiro atoms. The molecule has 0 aliphatic heterocycles. The highest BCUT2D eigenvalue weighted by atomic mass is 19.3. The zero-order valence-corrected chi connectivity index (χ0v) is 10.8. The zero-order valence-electron chi connectivity index (χ0n) is 10.8. The molecule has 6 heteroatoms. The highest BCUT2D eigenvalue weighted by molar-refractivity contribution is 5.40. The van der Waals surface area contributed by atoms with Gasteiger partial charge in [0.1, 0.15) is 5.82 Å². The highest BCUT2D eigenvalue weighted by Crippen LogP contribution is 2.24. The van der Waals surface area contributed by atoms with Crippen LogP contribution in [-0.2, 0) is 6.54 Å². The Labute approximate surface area is 115 Å². The van der Waals surface area contributed by atoms with E-state index in [1.807, 2.05) is 0 Å². The van der Waals surface area contributed by atoms with E-state index in [9.17, 15) is 13.2 Å². The van der Waals surface area contributed by atoms with Crippen LogP contribution in [0.2, 0.25) is 0 Å². The third kappa shape index (κ3) is 3.57. The molecule has 1 rings (SSSR count). The van der Waals surface area contributed by atoms with E-state index in [-0.39, 0.29) is 17.8 Å². The second-order valence-electron chi connectivity index (χ2n) is 4.06. The molecule has 0 bridgehead atoms. The maximum absolute atomic E-state index is 13.8. The van der Waals surface area contributed by atoms with E-state index < -0.39 is 17.8 Å². The lowest BCUT2D eigenvalue weighted by atomic mass is 10.1. The van der Waals surface area contributed by atoms with Crippen molar-refractivity contribution in [2.24, 2.45) is 11.5 Å². The Morgan fingerprint density at radius 1 is 1.35 bits per heavy atom. The minimum atomic E-state index is -2.86. The maximum Gasteiger partial charge on any atom is 0.266 e. The molecule has 0 heterocycles. The molecule has 0 amide bonds. The molecular weight excluding hydrogens is 267 g/mol. The molecule has 0 aliphatic carbocycles. The van der Waals surface area contributed by atoms with Gasteiger partial charge in [-0.05, 0) is 0 Å². The number of hydrogen-bond acceptors (Lipinski definition) is 3. The van der Waals surface area contributed by atoms with Gasteiger partial charge in [-0.25, -0.2) is 13.2 Å². The van der Waals surface area contributed by atoms with Gasteiger partial charge in [0.25, 0.3) is 6.43 Å². The van der Waals surface area contributed by atoms with Crippen LogP contribution >= 0.6 is 0 Å². The summed E-state index contributed by atoms with van der Waals surface area (Å²) >= 11 is 0. The third-order valence-corrected chi connectivity index (χ3v) is 2.69. The lowest BCUT2D eigenvalue weighted by Gasteiger charge is -2.14. The fourth-order valence-electron chi connectivity index (χ4n) is 1.53. The maximum atomic E-state index is 13.8. The van der Waals surface area contributed by atoms with E-state index in [1.165, 1.54) is 18.3 Å². The van der Waals surface area contributed by atoms with Crippen LogP contribution < -0.4 is 16.8 Å². The van der Waals surface area contributed by atoms with Crippen LogP contribution in [0.5, 0.6) is 0 Å². The Balaban J connectivity index is 2.88. The lowest BCUT2D eigenvalue weighted by Crippen LogP contribution is -2.19. The molecule has 0 aliphatic rings. The van der Waals surface area contributed by atoms with E-state index in [1.54, 1.807) is 0 Å². The van der Waals surface area contributed by atoms with Crippen LogP contribution in [0.25, 0.3) is 0 Å². The molecular formula is C14H16F3N3. The second-order valence-corrected chi connectivity index (χ2v) is 4.06. The normalized spacial score (nSPS) is 11.5. The van der Waals surface area contributed by atoms with Crippen molar-refractivity contribution in [3.8, 4) is 0 Å². The van der Waals surface area contributed by atoms with Gasteiger partial charge < -0.3 is 16.8 Å². The molecule has 1 aromatic rings. The summed E-state index contributed by atoms with van der Waals surface area (Å²) in [5.74, 6) is -0.941. The van der Waals surface area contributed by atoms with Crippen molar-refractivity contribution in [2.75, 3.05) is 0 Å². The van der Waals surface area contributed by atoms with Crippen molar-refractivity contribution < 1.29 is 13.2 Å². The minimum Gasteiger partial charge on any atom is -0.403 e. The van der Waals surface area contributed by atoms with Gasteiger partial charge in [0, 0.05) is 29.6 Å². The van der Waals surface area contributed by atoms with Crippen molar-refractivity contribution in [3.63, 3.8) is 0 Å². The summed E-state index contributed by atoms with van der Waals surface area (Å²) in [6, 6.07) is 3.82. The summed E-state index contributed by atoms with van der Waals surface area (Å²) in [7, 11) is 0. The molecule has 0 unspecified atom stereocenters. The first kappa shape index (κ1) is 15.7. The van der Waals surface area contributed by atoms with Crippen molar-refractivity contribution in [1.82, 2.24) is 5.32 Å². The second kappa shape index (κ2) is 6.70. The summed E-state index contributed by atoms with van der Waals surface area (Å²) in [5, 5.41) is 2.78. The predicted octanol–water partition coefficient (Wildman–Crippen LogP) is 2.68. The Bertz CT molecular complexity index is 551. The summed E-state index contributed by atoms with van der Waals surface area (Å²) in [4.78, 5) is 0. The summed E-state index contributed by atoms with van der Waals surface area (Å²) in [6.07, 6.45) is -1.66. The van der Waals surface area contributed by atoms with Gasteiger partial charge >= 0.3 is 0 Å². The van der Waals surface area contributed by atoms with Crippen LogP contribution in [0.1, 0.15) is 17.6 Å². The molecule has 108 valence electrons. The van der Waals surface area contributed by atoms with Crippen molar-refractivity contribution in [2.45, 2.75) is 13.0 Å².